The minimum absolute atomic E-state index is 0.0797. The van der Waals surface area contributed by atoms with E-state index >= 15 is 0 Å². The molecule has 17 heavy (non-hydrogen) atoms. The number of nitrogens with one attached hydrogen (secondary N) is 1. The minimum Gasteiger partial charge on any atom is -0.465 e. The van der Waals surface area contributed by atoms with Gasteiger partial charge in [0, 0.05) is 29.8 Å². The van der Waals surface area contributed by atoms with E-state index < -0.39 is 6.09 Å². The molecule has 1 aromatic rings. The van der Waals surface area contributed by atoms with Crippen molar-refractivity contribution in [2.24, 2.45) is 0 Å². The molecular formula is C12H15ClN2O2. The van der Waals surface area contributed by atoms with Crippen molar-refractivity contribution in [3.8, 4) is 0 Å². The van der Waals surface area contributed by atoms with Gasteiger partial charge in [-0.15, -0.1) is 0 Å². The number of piperidine rings is 1. The molecule has 0 saturated carbocycles. The lowest BCUT2D eigenvalue weighted by Gasteiger charge is -2.33. The lowest BCUT2D eigenvalue weighted by molar-refractivity contribution is 0.187. The van der Waals surface area contributed by atoms with Crippen molar-refractivity contribution in [2.45, 2.75) is 18.9 Å². The summed E-state index contributed by atoms with van der Waals surface area (Å²) in [7, 11) is 0. The molecule has 1 aliphatic rings. The summed E-state index contributed by atoms with van der Waals surface area (Å²) in [5.41, 5.74) is 1.14. The van der Waals surface area contributed by atoms with Crippen LogP contribution in [-0.2, 0) is 0 Å². The van der Waals surface area contributed by atoms with E-state index in [1.165, 1.54) is 0 Å². The number of hydrogen-bond donors (Lipinski definition) is 2. The molecule has 5 heteroatoms. The van der Waals surface area contributed by atoms with Crippen molar-refractivity contribution in [2.75, 3.05) is 18.0 Å². The molecule has 1 heterocycles. The fraction of sp³-hybridized carbons (Fsp3) is 0.417. The Kier molecular flexibility index (Phi) is 3.74. The van der Waals surface area contributed by atoms with E-state index in [0.717, 1.165) is 36.6 Å². The fourth-order valence-corrected chi connectivity index (χ4v) is 2.23. The number of halogens is 1. The Hall–Kier alpha value is -1.42. The predicted molar refractivity (Wildman–Crippen MR) is 67.8 cm³/mol. The third-order valence-corrected chi connectivity index (χ3v) is 3.27. The summed E-state index contributed by atoms with van der Waals surface area (Å²) in [6, 6.07) is 7.81. The van der Waals surface area contributed by atoms with Gasteiger partial charge in [0.05, 0.1) is 0 Å². The van der Waals surface area contributed by atoms with Crippen molar-refractivity contribution in [1.29, 1.82) is 0 Å². The van der Waals surface area contributed by atoms with Crippen LogP contribution in [0.4, 0.5) is 10.5 Å². The van der Waals surface area contributed by atoms with E-state index in [2.05, 4.69) is 10.2 Å². The van der Waals surface area contributed by atoms with Crippen LogP contribution in [-0.4, -0.2) is 30.3 Å². The van der Waals surface area contributed by atoms with Crippen LogP contribution in [0.15, 0.2) is 24.3 Å². The van der Waals surface area contributed by atoms with E-state index in [1.54, 1.807) is 0 Å². The summed E-state index contributed by atoms with van der Waals surface area (Å²) < 4.78 is 0. The molecule has 0 atom stereocenters. The summed E-state index contributed by atoms with van der Waals surface area (Å²) in [4.78, 5) is 12.8. The molecule has 2 N–H and O–H groups in total. The Bertz CT molecular complexity index is 386. The largest absolute Gasteiger partial charge is 0.465 e. The number of amides is 1. The first-order chi connectivity index (χ1) is 8.15. The lowest BCUT2D eigenvalue weighted by Crippen LogP contribution is -2.44. The molecule has 1 aliphatic heterocycles. The number of anilines is 1. The van der Waals surface area contributed by atoms with Crippen molar-refractivity contribution in [1.82, 2.24) is 5.32 Å². The van der Waals surface area contributed by atoms with E-state index in [1.807, 2.05) is 24.3 Å². The Morgan fingerprint density at radius 2 is 1.88 bits per heavy atom. The number of nitrogens with zero attached hydrogens (tertiary/aromatic N) is 1. The Morgan fingerprint density at radius 3 is 2.41 bits per heavy atom. The minimum atomic E-state index is -0.935. The van der Waals surface area contributed by atoms with Crippen molar-refractivity contribution >= 4 is 23.4 Å². The Morgan fingerprint density at radius 1 is 1.29 bits per heavy atom. The molecule has 0 radical (unpaired) electrons. The Balaban J connectivity index is 1.90. The zero-order chi connectivity index (χ0) is 12.3. The van der Waals surface area contributed by atoms with Crippen molar-refractivity contribution in [3.05, 3.63) is 29.3 Å². The number of carbonyl (C=O) groups is 1. The molecule has 0 spiro atoms. The molecule has 92 valence electrons. The Labute approximate surface area is 105 Å². The zero-order valence-corrected chi connectivity index (χ0v) is 10.2. The standard InChI is InChI=1S/C12H15ClN2O2/c13-9-1-3-11(4-2-9)15-7-5-10(6-8-15)14-12(16)17/h1-4,10,14H,5-8H2,(H,16,17). The maximum atomic E-state index is 10.5. The second kappa shape index (κ2) is 5.27. The maximum Gasteiger partial charge on any atom is 0.404 e. The molecule has 1 fully saturated rings. The van der Waals surface area contributed by atoms with Gasteiger partial charge in [-0.05, 0) is 37.1 Å². The number of rotatable bonds is 2. The van der Waals surface area contributed by atoms with Crippen LogP contribution in [0, 0.1) is 0 Å². The highest BCUT2D eigenvalue weighted by Crippen LogP contribution is 2.21. The van der Waals surface area contributed by atoms with E-state index in [0.29, 0.717) is 0 Å². The van der Waals surface area contributed by atoms with Crippen LogP contribution in [0.25, 0.3) is 0 Å². The van der Waals surface area contributed by atoms with Gasteiger partial charge < -0.3 is 15.3 Å². The van der Waals surface area contributed by atoms with Crippen LogP contribution in [0.5, 0.6) is 0 Å². The van der Waals surface area contributed by atoms with Gasteiger partial charge in [-0.1, -0.05) is 11.6 Å². The van der Waals surface area contributed by atoms with Crippen LogP contribution in [0.1, 0.15) is 12.8 Å². The van der Waals surface area contributed by atoms with Crippen LogP contribution >= 0.6 is 11.6 Å². The smallest absolute Gasteiger partial charge is 0.404 e. The maximum absolute atomic E-state index is 10.5. The van der Waals surface area contributed by atoms with Gasteiger partial charge in [-0.2, -0.15) is 0 Å². The highest BCUT2D eigenvalue weighted by molar-refractivity contribution is 6.30. The van der Waals surface area contributed by atoms with Crippen LogP contribution < -0.4 is 10.2 Å². The topological polar surface area (TPSA) is 52.6 Å². The first kappa shape index (κ1) is 12.0. The predicted octanol–water partition coefficient (Wildman–Crippen LogP) is 2.58. The van der Waals surface area contributed by atoms with Gasteiger partial charge in [-0.3, -0.25) is 0 Å². The molecule has 1 aromatic carbocycles. The molecule has 1 saturated heterocycles. The van der Waals surface area contributed by atoms with Gasteiger partial charge in [0.2, 0.25) is 0 Å². The van der Waals surface area contributed by atoms with E-state index in [-0.39, 0.29) is 6.04 Å². The summed E-state index contributed by atoms with van der Waals surface area (Å²) >= 11 is 5.84. The number of hydrogen-bond acceptors (Lipinski definition) is 2. The summed E-state index contributed by atoms with van der Waals surface area (Å²) in [6.07, 6.45) is 0.749. The second-order valence-corrected chi connectivity index (χ2v) is 4.62. The summed E-state index contributed by atoms with van der Waals surface area (Å²) in [6.45, 7) is 1.74. The van der Waals surface area contributed by atoms with Gasteiger partial charge in [0.25, 0.3) is 0 Å². The molecular weight excluding hydrogens is 240 g/mol. The lowest BCUT2D eigenvalue weighted by atomic mass is 10.0. The third-order valence-electron chi connectivity index (χ3n) is 3.01. The summed E-state index contributed by atoms with van der Waals surface area (Å²) in [5.74, 6) is 0. The van der Waals surface area contributed by atoms with Crippen molar-refractivity contribution in [3.63, 3.8) is 0 Å². The molecule has 4 nitrogen and oxygen atoms in total. The van der Waals surface area contributed by atoms with Crippen molar-refractivity contribution < 1.29 is 9.90 Å². The molecule has 0 aromatic heterocycles. The first-order valence-corrected chi connectivity index (χ1v) is 6.03. The van der Waals surface area contributed by atoms with Gasteiger partial charge in [0.1, 0.15) is 0 Å². The monoisotopic (exact) mass is 254 g/mol. The second-order valence-electron chi connectivity index (χ2n) is 4.19. The van der Waals surface area contributed by atoms with Gasteiger partial charge in [0.15, 0.2) is 0 Å². The van der Waals surface area contributed by atoms with E-state index in [9.17, 15) is 4.79 Å². The van der Waals surface area contributed by atoms with Gasteiger partial charge >= 0.3 is 6.09 Å². The molecule has 0 bridgehead atoms. The average Bonchev–Trinajstić information content (AvgIpc) is 2.30. The zero-order valence-electron chi connectivity index (χ0n) is 9.40. The first-order valence-electron chi connectivity index (χ1n) is 5.65. The van der Waals surface area contributed by atoms with Crippen LogP contribution in [0.2, 0.25) is 5.02 Å². The summed E-state index contributed by atoms with van der Waals surface area (Å²) in [5, 5.41) is 11.9. The highest BCUT2D eigenvalue weighted by Gasteiger charge is 2.20. The average molecular weight is 255 g/mol. The normalized spacial score (nSPS) is 16.9. The SMILES string of the molecule is O=C(O)NC1CCN(c2ccc(Cl)cc2)CC1. The quantitative estimate of drug-likeness (QED) is 0.853. The molecule has 0 unspecified atom stereocenters. The molecule has 0 aliphatic carbocycles. The molecule has 2 rings (SSSR count). The highest BCUT2D eigenvalue weighted by atomic mass is 35.5. The van der Waals surface area contributed by atoms with Gasteiger partial charge in [-0.25, -0.2) is 4.79 Å². The third kappa shape index (κ3) is 3.27. The van der Waals surface area contributed by atoms with E-state index in [4.69, 9.17) is 16.7 Å². The number of benzene rings is 1. The van der Waals surface area contributed by atoms with Crippen LogP contribution in [0.3, 0.4) is 0 Å². The molecule has 1 amide bonds. The fourth-order valence-electron chi connectivity index (χ4n) is 2.11. The number of carboxylic acid groups (broad SMARTS) is 1.